The van der Waals surface area contributed by atoms with Crippen LogP contribution in [0.2, 0.25) is 0 Å². The van der Waals surface area contributed by atoms with Gasteiger partial charge in [-0.25, -0.2) is 13.1 Å². The highest BCUT2D eigenvalue weighted by Crippen LogP contribution is 2.19. The van der Waals surface area contributed by atoms with E-state index in [0.29, 0.717) is 18.7 Å². The maximum Gasteiger partial charge on any atom is 0.253 e. The van der Waals surface area contributed by atoms with Gasteiger partial charge in [-0.1, -0.05) is 18.2 Å². The Morgan fingerprint density at radius 2 is 1.68 bits per heavy atom. The fourth-order valence-electron chi connectivity index (χ4n) is 3.25. The minimum Gasteiger partial charge on any atom is -0.380 e. The molecule has 0 aromatic heterocycles. The Hall–Kier alpha value is -2.38. The van der Waals surface area contributed by atoms with E-state index in [1.165, 1.54) is 12.1 Å². The molecule has 1 amide bonds. The lowest BCUT2D eigenvalue weighted by molar-refractivity contribution is 0.0791. The Morgan fingerprint density at radius 3 is 2.29 bits per heavy atom. The van der Waals surface area contributed by atoms with E-state index in [-0.39, 0.29) is 16.8 Å². The minimum absolute atomic E-state index is 0.0786. The second-order valence-electron chi connectivity index (χ2n) is 8.13. The number of sulfonamides is 1. The Kier molecular flexibility index (Phi) is 5.76. The lowest BCUT2D eigenvalue weighted by Crippen LogP contribution is -2.40. The first-order valence-corrected chi connectivity index (χ1v) is 10.9. The number of nitrogens with zero attached hydrogens (tertiary/aromatic N) is 1. The fourth-order valence-corrected chi connectivity index (χ4v) is 4.67. The summed E-state index contributed by atoms with van der Waals surface area (Å²) in [5.74, 6) is -0.0786. The van der Waals surface area contributed by atoms with Crippen molar-refractivity contribution in [3.63, 3.8) is 0 Å². The number of likely N-dealkylation sites (tertiary alicyclic amines) is 1. The molecule has 1 atom stereocenters. The summed E-state index contributed by atoms with van der Waals surface area (Å²) in [6, 6.07) is 16.3. The van der Waals surface area contributed by atoms with Crippen LogP contribution in [0.3, 0.4) is 0 Å². The van der Waals surface area contributed by atoms with E-state index >= 15 is 0 Å². The number of rotatable bonds is 5. The molecule has 1 saturated heterocycles. The molecule has 150 valence electrons. The summed E-state index contributed by atoms with van der Waals surface area (Å²) >= 11 is 0. The number of hydrogen-bond acceptors (Lipinski definition) is 4. The molecule has 7 heteroatoms. The predicted molar refractivity (Wildman–Crippen MR) is 111 cm³/mol. The topological polar surface area (TPSA) is 78.5 Å². The molecule has 1 heterocycles. The standard InChI is InChI=1S/C21H27N3O3S/c1-21(2,3)23-28(26,27)19-11-9-16(10-12-19)20(25)24-14-13-18(15-24)22-17-7-5-4-6-8-17/h4-12,18,22-23H,13-15H2,1-3H3. The number of benzene rings is 2. The zero-order chi connectivity index (χ0) is 20.4. The van der Waals surface area contributed by atoms with Gasteiger partial charge >= 0.3 is 0 Å². The number of anilines is 1. The average Bonchev–Trinajstić information content (AvgIpc) is 3.08. The van der Waals surface area contributed by atoms with Gasteiger partial charge < -0.3 is 10.2 Å². The normalized spacial score (nSPS) is 17.5. The van der Waals surface area contributed by atoms with Crippen LogP contribution in [-0.4, -0.2) is 43.9 Å². The van der Waals surface area contributed by atoms with Crippen LogP contribution in [0.5, 0.6) is 0 Å². The van der Waals surface area contributed by atoms with E-state index < -0.39 is 15.6 Å². The highest BCUT2D eigenvalue weighted by Gasteiger charge is 2.27. The molecule has 2 N–H and O–H groups in total. The van der Waals surface area contributed by atoms with Crippen molar-refractivity contribution in [2.24, 2.45) is 0 Å². The third-order valence-electron chi connectivity index (χ3n) is 4.47. The number of para-hydroxylation sites is 1. The van der Waals surface area contributed by atoms with Crippen molar-refractivity contribution >= 4 is 21.6 Å². The van der Waals surface area contributed by atoms with Crippen LogP contribution in [0.25, 0.3) is 0 Å². The summed E-state index contributed by atoms with van der Waals surface area (Å²) < 4.78 is 27.4. The van der Waals surface area contributed by atoms with Crippen molar-refractivity contribution in [2.75, 3.05) is 18.4 Å². The van der Waals surface area contributed by atoms with Crippen molar-refractivity contribution in [1.82, 2.24) is 9.62 Å². The van der Waals surface area contributed by atoms with Gasteiger partial charge in [-0.05, 0) is 63.6 Å². The molecule has 0 aliphatic carbocycles. The summed E-state index contributed by atoms with van der Waals surface area (Å²) in [5, 5.41) is 3.45. The van der Waals surface area contributed by atoms with Crippen LogP contribution in [0, 0.1) is 0 Å². The zero-order valence-corrected chi connectivity index (χ0v) is 17.3. The molecule has 1 fully saturated rings. The maximum atomic E-state index is 12.8. The van der Waals surface area contributed by atoms with Crippen molar-refractivity contribution in [3.05, 3.63) is 60.2 Å². The Morgan fingerprint density at radius 1 is 1.04 bits per heavy atom. The first kappa shape index (κ1) is 20.4. The average molecular weight is 402 g/mol. The molecular formula is C21H27N3O3S. The van der Waals surface area contributed by atoms with Gasteiger partial charge in [0, 0.05) is 35.9 Å². The van der Waals surface area contributed by atoms with Gasteiger partial charge in [-0.3, -0.25) is 4.79 Å². The Balaban J connectivity index is 1.64. The quantitative estimate of drug-likeness (QED) is 0.807. The molecule has 6 nitrogen and oxygen atoms in total. The van der Waals surface area contributed by atoms with Gasteiger partial charge in [0.1, 0.15) is 0 Å². The number of carbonyl (C=O) groups is 1. The van der Waals surface area contributed by atoms with E-state index in [9.17, 15) is 13.2 Å². The van der Waals surface area contributed by atoms with Crippen LogP contribution >= 0.6 is 0 Å². The van der Waals surface area contributed by atoms with E-state index in [2.05, 4.69) is 10.0 Å². The Bertz CT molecular complexity index is 920. The Labute approximate surface area is 167 Å². The van der Waals surface area contributed by atoms with Crippen LogP contribution < -0.4 is 10.0 Å². The van der Waals surface area contributed by atoms with E-state index in [4.69, 9.17) is 0 Å². The SMILES string of the molecule is CC(C)(C)NS(=O)(=O)c1ccc(C(=O)N2CCC(Nc3ccccc3)C2)cc1. The second-order valence-corrected chi connectivity index (χ2v) is 9.81. The zero-order valence-electron chi connectivity index (χ0n) is 16.5. The highest BCUT2D eigenvalue weighted by molar-refractivity contribution is 7.89. The third-order valence-corrected chi connectivity index (χ3v) is 6.25. The molecule has 28 heavy (non-hydrogen) atoms. The number of hydrogen-bond donors (Lipinski definition) is 2. The first-order chi connectivity index (χ1) is 13.1. The van der Waals surface area contributed by atoms with E-state index in [1.807, 2.05) is 30.3 Å². The van der Waals surface area contributed by atoms with Crippen LogP contribution in [-0.2, 0) is 10.0 Å². The minimum atomic E-state index is -3.61. The smallest absolute Gasteiger partial charge is 0.253 e. The summed E-state index contributed by atoms with van der Waals surface area (Å²) in [6.45, 7) is 6.66. The van der Waals surface area contributed by atoms with E-state index in [0.717, 1.165) is 12.1 Å². The first-order valence-electron chi connectivity index (χ1n) is 9.39. The molecule has 1 aliphatic heterocycles. The molecular weight excluding hydrogens is 374 g/mol. The lowest BCUT2D eigenvalue weighted by atomic mass is 10.1. The van der Waals surface area contributed by atoms with Gasteiger partial charge in [0.25, 0.3) is 5.91 Å². The van der Waals surface area contributed by atoms with Gasteiger partial charge in [0.2, 0.25) is 10.0 Å². The molecule has 2 aromatic carbocycles. The van der Waals surface area contributed by atoms with Crippen molar-refractivity contribution in [1.29, 1.82) is 0 Å². The summed E-state index contributed by atoms with van der Waals surface area (Å²) in [6.07, 6.45) is 0.878. The number of carbonyl (C=O) groups excluding carboxylic acids is 1. The number of nitrogens with one attached hydrogen (secondary N) is 2. The predicted octanol–water partition coefficient (Wildman–Crippen LogP) is 3.09. The highest BCUT2D eigenvalue weighted by atomic mass is 32.2. The van der Waals surface area contributed by atoms with Gasteiger partial charge in [-0.15, -0.1) is 0 Å². The molecule has 2 aromatic rings. The van der Waals surface area contributed by atoms with E-state index in [1.54, 1.807) is 37.8 Å². The van der Waals surface area contributed by atoms with Crippen molar-refractivity contribution < 1.29 is 13.2 Å². The third kappa shape index (κ3) is 5.11. The molecule has 0 spiro atoms. The molecule has 1 aliphatic rings. The molecule has 3 rings (SSSR count). The monoisotopic (exact) mass is 401 g/mol. The summed E-state index contributed by atoms with van der Waals surface area (Å²) in [5.41, 5.74) is 0.974. The molecule has 1 unspecified atom stereocenters. The summed E-state index contributed by atoms with van der Waals surface area (Å²) in [7, 11) is -3.61. The van der Waals surface area contributed by atoms with Crippen LogP contribution in [0.1, 0.15) is 37.6 Å². The largest absolute Gasteiger partial charge is 0.380 e. The molecule has 0 radical (unpaired) electrons. The van der Waals surface area contributed by atoms with Gasteiger partial charge in [0.15, 0.2) is 0 Å². The maximum absolute atomic E-state index is 12.8. The lowest BCUT2D eigenvalue weighted by Gasteiger charge is -2.21. The van der Waals surface area contributed by atoms with Crippen LogP contribution in [0.15, 0.2) is 59.5 Å². The summed E-state index contributed by atoms with van der Waals surface area (Å²) in [4.78, 5) is 14.7. The second kappa shape index (κ2) is 7.93. The van der Waals surface area contributed by atoms with Crippen molar-refractivity contribution in [2.45, 2.75) is 43.7 Å². The number of amides is 1. The van der Waals surface area contributed by atoms with Crippen molar-refractivity contribution in [3.8, 4) is 0 Å². The fraction of sp³-hybridized carbons (Fsp3) is 0.381. The molecule has 0 bridgehead atoms. The van der Waals surface area contributed by atoms with Crippen LogP contribution in [0.4, 0.5) is 5.69 Å². The molecule has 0 saturated carbocycles. The van der Waals surface area contributed by atoms with Gasteiger partial charge in [-0.2, -0.15) is 0 Å². The van der Waals surface area contributed by atoms with Gasteiger partial charge in [0.05, 0.1) is 4.90 Å².